The molecule has 1 heterocycles. The Hall–Kier alpha value is -1.72. The maximum absolute atomic E-state index is 12.0. The maximum Gasteiger partial charge on any atom is 0.224 e. The Morgan fingerprint density at radius 3 is 2.86 bits per heavy atom. The first kappa shape index (κ1) is 15.7. The largest absolute Gasteiger partial charge is 0.392 e. The Morgan fingerprint density at radius 1 is 1.38 bits per heavy atom. The van der Waals surface area contributed by atoms with Crippen LogP contribution < -0.4 is 5.32 Å². The minimum atomic E-state index is -0.0215. The number of thiazole rings is 1. The first-order valence-corrected chi connectivity index (χ1v) is 7.87. The summed E-state index contributed by atoms with van der Waals surface area (Å²) in [5, 5.41) is 15.2. The molecule has 5 heteroatoms. The van der Waals surface area contributed by atoms with Crippen LogP contribution in [0, 0.1) is 13.8 Å². The van der Waals surface area contributed by atoms with Gasteiger partial charge in [-0.2, -0.15) is 0 Å². The SMILES string of the molecule is Cc1nc(CCCC(=O)Nc2cc(CO)ccc2C)cs1. The normalized spacial score (nSPS) is 10.6. The van der Waals surface area contributed by atoms with Gasteiger partial charge in [0.25, 0.3) is 0 Å². The number of amides is 1. The first-order valence-electron chi connectivity index (χ1n) is 6.99. The zero-order valence-corrected chi connectivity index (χ0v) is 13.2. The fourth-order valence-electron chi connectivity index (χ4n) is 2.07. The zero-order chi connectivity index (χ0) is 15.2. The molecular formula is C16H20N2O2S. The number of nitrogens with zero attached hydrogens (tertiary/aromatic N) is 1. The van der Waals surface area contributed by atoms with Gasteiger partial charge in [-0.1, -0.05) is 12.1 Å². The Labute approximate surface area is 128 Å². The molecule has 0 unspecified atom stereocenters. The lowest BCUT2D eigenvalue weighted by atomic mass is 10.1. The number of aryl methyl sites for hydroxylation is 3. The van der Waals surface area contributed by atoms with Gasteiger partial charge >= 0.3 is 0 Å². The summed E-state index contributed by atoms with van der Waals surface area (Å²) in [4.78, 5) is 16.4. The van der Waals surface area contributed by atoms with Gasteiger partial charge in [0.1, 0.15) is 0 Å². The molecule has 0 aliphatic heterocycles. The number of aliphatic hydroxyl groups excluding tert-OH is 1. The van der Waals surface area contributed by atoms with Gasteiger partial charge in [-0.25, -0.2) is 4.98 Å². The number of aliphatic hydroxyl groups is 1. The molecule has 0 fully saturated rings. The summed E-state index contributed by atoms with van der Waals surface area (Å²) >= 11 is 1.64. The summed E-state index contributed by atoms with van der Waals surface area (Å²) in [5.74, 6) is 0.000131. The average molecular weight is 304 g/mol. The van der Waals surface area contributed by atoms with Crippen LogP contribution >= 0.6 is 11.3 Å². The van der Waals surface area contributed by atoms with E-state index in [4.69, 9.17) is 5.11 Å². The summed E-state index contributed by atoms with van der Waals surface area (Å²) < 4.78 is 0. The number of carbonyl (C=O) groups excluding carboxylic acids is 1. The number of rotatable bonds is 6. The molecule has 0 saturated carbocycles. The fraction of sp³-hybridized carbons (Fsp3) is 0.375. The summed E-state index contributed by atoms with van der Waals surface area (Å²) in [6.45, 7) is 3.90. The molecule has 0 aliphatic carbocycles. The number of hydrogen-bond donors (Lipinski definition) is 2. The van der Waals surface area contributed by atoms with E-state index in [0.29, 0.717) is 6.42 Å². The van der Waals surface area contributed by atoms with Crippen molar-refractivity contribution in [2.75, 3.05) is 5.32 Å². The van der Waals surface area contributed by atoms with Crippen molar-refractivity contribution in [2.24, 2.45) is 0 Å². The van der Waals surface area contributed by atoms with Crippen molar-refractivity contribution in [2.45, 2.75) is 39.7 Å². The molecule has 21 heavy (non-hydrogen) atoms. The molecule has 2 N–H and O–H groups in total. The molecule has 0 bridgehead atoms. The lowest BCUT2D eigenvalue weighted by Gasteiger charge is -2.09. The molecule has 1 aromatic carbocycles. The molecule has 0 radical (unpaired) electrons. The lowest BCUT2D eigenvalue weighted by Crippen LogP contribution is -2.12. The lowest BCUT2D eigenvalue weighted by molar-refractivity contribution is -0.116. The Kier molecular flexibility index (Phi) is 5.47. The van der Waals surface area contributed by atoms with E-state index in [1.807, 2.05) is 37.4 Å². The second-order valence-electron chi connectivity index (χ2n) is 5.07. The quantitative estimate of drug-likeness (QED) is 0.861. The van der Waals surface area contributed by atoms with E-state index in [1.54, 1.807) is 11.3 Å². The summed E-state index contributed by atoms with van der Waals surface area (Å²) in [7, 11) is 0. The molecule has 4 nitrogen and oxygen atoms in total. The van der Waals surface area contributed by atoms with Crippen LogP contribution in [0.25, 0.3) is 0 Å². The molecule has 2 aromatic rings. The van der Waals surface area contributed by atoms with Gasteiger partial charge in [0.2, 0.25) is 5.91 Å². The van der Waals surface area contributed by atoms with Crippen LogP contribution in [-0.2, 0) is 17.8 Å². The number of anilines is 1. The Bertz CT molecular complexity index is 622. The van der Waals surface area contributed by atoms with Crippen LogP contribution in [0.3, 0.4) is 0 Å². The number of nitrogens with one attached hydrogen (secondary N) is 1. The van der Waals surface area contributed by atoms with Crippen molar-refractivity contribution in [1.82, 2.24) is 4.98 Å². The predicted molar refractivity (Wildman–Crippen MR) is 85.5 cm³/mol. The van der Waals surface area contributed by atoms with Crippen LogP contribution in [0.5, 0.6) is 0 Å². The smallest absolute Gasteiger partial charge is 0.224 e. The molecule has 0 aliphatic rings. The topological polar surface area (TPSA) is 62.2 Å². The number of benzene rings is 1. The van der Waals surface area contributed by atoms with Gasteiger partial charge in [0.05, 0.1) is 17.3 Å². The predicted octanol–water partition coefficient (Wildman–Crippen LogP) is 3.21. The van der Waals surface area contributed by atoms with E-state index in [0.717, 1.165) is 40.4 Å². The van der Waals surface area contributed by atoms with E-state index in [-0.39, 0.29) is 12.5 Å². The van der Waals surface area contributed by atoms with Crippen LogP contribution in [0.15, 0.2) is 23.6 Å². The standard InChI is InChI=1S/C16H20N2O2S/c1-11-6-7-13(9-19)8-15(11)18-16(20)5-3-4-14-10-21-12(2)17-14/h6-8,10,19H,3-5,9H2,1-2H3,(H,18,20). The van der Waals surface area contributed by atoms with Gasteiger partial charge in [-0.15, -0.1) is 11.3 Å². The minimum absolute atomic E-state index is 0.000131. The van der Waals surface area contributed by atoms with Gasteiger partial charge in [0.15, 0.2) is 0 Å². The van der Waals surface area contributed by atoms with Crippen molar-refractivity contribution in [3.8, 4) is 0 Å². The Morgan fingerprint density at radius 2 is 2.19 bits per heavy atom. The monoisotopic (exact) mass is 304 g/mol. The van der Waals surface area contributed by atoms with Gasteiger partial charge in [-0.05, 0) is 43.9 Å². The van der Waals surface area contributed by atoms with Crippen molar-refractivity contribution < 1.29 is 9.90 Å². The van der Waals surface area contributed by atoms with Crippen molar-refractivity contribution in [3.63, 3.8) is 0 Å². The molecule has 0 spiro atoms. The third kappa shape index (κ3) is 4.65. The number of aromatic nitrogens is 1. The van der Waals surface area contributed by atoms with Crippen LogP contribution in [-0.4, -0.2) is 16.0 Å². The average Bonchev–Trinajstić information content (AvgIpc) is 2.87. The highest BCUT2D eigenvalue weighted by molar-refractivity contribution is 7.09. The second kappa shape index (κ2) is 7.33. The van der Waals surface area contributed by atoms with Gasteiger partial charge in [-0.3, -0.25) is 4.79 Å². The van der Waals surface area contributed by atoms with Crippen LogP contribution in [0.2, 0.25) is 0 Å². The van der Waals surface area contributed by atoms with Gasteiger partial charge in [0, 0.05) is 17.5 Å². The second-order valence-corrected chi connectivity index (χ2v) is 6.13. The summed E-state index contributed by atoms with van der Waals surface area (Å²) in [6.07, 6.45) is 2.08. The van der Waals surface area contributed by atoms with Gasteiger partial charge < -0.3 is 10.4 Å². The molecule has 1 aromatic heterocycles. The molecule has 112 valence electrons. The van der Waals surface area contributed by atoms with E-state index in [1.165, 1.54) is 0 Å². The van der Waals surface area contributed by atoms with E-state index < -0.39 is 0 Å². The number of carbonyl (C=O) groups is 1. The molecular weight excluding hydrogens is 284 g/mol. The molecule has 0 saturated heterocycles. The highest BCUT2D eigenvalue weighted by atomic mass is 32.1. The van der Waals surface area contributed by atoms with Crippen molar-refractivity contribution >= 4 is 22.9 Å². The Balaban J connectivity index is 1.84. The van der Waals surface area contributed by atoms with Crippen LogP contribution in [0.4, 0.5) is 5.69 Å². The third-order valence-electron chi connectivity index (χ3n) is 3.26. The molecule has 2 rings (SSSR count). The highest BCUT2D eigenvalue weighted by Gasteiger charge is 2.07. The highest BCUT2D eigenvalue weighted by Crippen LogP contribution is 2.18. The van der Waals surface area contributed by atoms with E-state index >= 15 is 0 Å². The summed E-state index contributed by atoms with van der Waals surface area (Å²) in [6, 6.07) is 5.58. The van der Waals surface area contributed by atoms with E-state index in [2.05, 4.69) is 10.3 Å². The zero-order valence-electron chi connectivity index (χ0n) is 12.3. The van der Waals surface area contributed by atoms with Crippen molar-refractivity contribution in [1.29, 1.82) is 0 Å². The van der Waals surface area contributed by atoms with E-state index in [9.17, 15) is 4.79 Å². The fourth-order valence-corrected chi connectivity index (χ4v) is 2.72. The summed E-state index contributed by atoms with van der Waals surface area (Å²) in [5.41, 5.74) is 3.63. The first-order chi connectivity index (χ1) is 10.1. The molecule has 1 amide bonds. The van der Waals surface area contributed by atoms with Crippen LogP contribution in [0.1, 0.15) is 34.7 Å². The third-order valence-corrected chi connectivity index (χ3v) is 4.08. The van der Waals surface area contributed by atoms with Crippen molar-refractivity contribution in [3.05, 3.63) is 45.4 Å². The minimum Gasteiger partial charge on any atom is -0.392 e. The number of hydrogen-bond acceptors (Lipinski definition) is 4. The molecule has 0 atom stereocenters. The maximum atomic E-state index is 12.0.